The first-order chi connectivity index (χ1) is 23.1. The number of halogens is 3. The molecule has 0 aliphatic carbocycles. The van der Waals surface area contributed by atoms with Crippen molar-refractivity contribution in [2.45, 2.75) is 20.0 Å². The second-order valence-electron chi connectivity index (χ2n) is 10.9. The van der Waals surface area contributed by atoms with Gasteiger partial charge in [-0.3, -0.25) is 14.3 Å². The fourth-order valence-electron chi connectivity index (χ4n) is 5.29. The smallest absolute Gasteiger partial charge is 0.337 e. The van der Waals surface area contributed by atoms with Crippen LogP contribution in [-0.4, -0.2) is 61.0 Å². The van der Waals surface area contributed by atoms with E-state index in [1.807, 2.05) is 11.9 Å². The second-order valence-corrected chi connectivity index (χ2v) is 11.9. The third kappa shape index (κ3) is 7.00. The van der Waals surface area contributed by atoms with E-state index in [1.54, 1.807) is 38.3 Å². The fourth-order valence-corrected chi connectivity index (χ4v) is 6.60. The molecular formula is C34H34F3N5O5S. The number of nitrogens with one attached hydrogen (secondary N) is 2. The molecule has 5 rings (SSSR count). The molecule has 2 aromatic heterocycles. The number of benzene rings is 3. The zero-order chi connectivity index (χ0) is 34.5. The highest BCUT2D eigenvalue weighted by Gasteiger charge is 2.26. The van der Waals surface area contributed by atoms with Gasteiger partial charge in [-0.15, -0.1) is 11.3 Å². The number of hydrogen-bond acceptors (Lipinski definition) is 7. The maximum absolute atomic E-state index is 15.0. The van der Waals surface area contributed by atoms with Crippen LogP contribution < -0.4 is 26.6 Å². The summed E-state index contributed by atoms with van der Waals surface area (Å²) in [5, 5.41) is 5.54. The van der Waals surface area contributed by atoms with E-state index >= 15 is 0 Å². The van der Waals surface area contributed by atoms with Gasteiger partial charge in [-0.2, -0.15) is 0 Å². The van der Waals surface area contributed by atoms with Gasteiger partial charge in [-0.25, -0.2) is 27.3 Å². The Balaban J connectivity index is 1.80. The van der Waals surface area contributed by atoms with Gasteiger partial charge in [0.1, 0.15) is 16.5 Å². The quantitative estimate of drug-likeness (QED) is 0.178. The molecule has 0 aliphatic rings. The standard InChI is InChI=1S/C34H34F3N5O5S/c1-5-38-33(44)39-21-11-9-20(10-12-21)30-24(18-40(2)15-16-46-3)29-31(43)42(22-13-14-28(47-4)27(37)17-22)34(45)41(32(29)48-30)19-23-25(35)7-6-8-26(23)36/h6-14,17H,5,15-16,18-19H2,1-4H3,(H2,38,39,44). The van der Waals surface area contributed by atoms with E-state index in [9.17, 15) is 27.6 Å². The Kier molecular flexibility index (Phi) is 10.7. The van der Waals surface area contributed by atoms with Gasteiger partial charge in [-0.05, 0) is 61.5 Å². The van der Waals surface area contributed by atoms with Crippen LogP contribution in [0.2, 0.25) is 0 Å². The number of aromatic nitrogens is 2. The minimum atomic E-state index is -0.909. The average molecular weight is 682 g/mol. The van der Waals surface area contributed by atoms with Gasteiger partial charge in [-0.1, -0.05) is 18.2 Å². The Hall–Kier alpha value is -4.92. The topological polar surface area (TPSA) is 107 Å². The molecule has 2 amide bonds. The number of carbonyl (C=O) groups excluding carboxylic acids is 1. The van der Waals surface area contributed by atoms with E-state index in [-0.39, 0.29) is 39.8 Å². The Bertz CT molecular complexity index is 2060. The van der Waals surface area contributed by atoms with Gasteiger partial charge in [0.05, 0.1) is 31.3 Å². The van der Waals surface area contributed by atoms with Crippen molar-refractivity contribution in [1.82, 2.24) is 19.4 Å². The number of methoxy groups -OCH3 is 2. The molecule has 252 valence electrons. The van der Waals surface area contributed by atoms with Gasteiger partial charge in [0.25, 0.3) is 5.56 Å². The summed E-state index contributed by atoms with van der Waals surface area (Å²) >= 11 is 1.12. The summed E-state index contributed by atoms with van der Waals surface area (Å²) in [6, 6.07) is 13.6. The molecule has 5 aromatic rings. The number of fused-ring (bicyclic) bond motifs is 1. The first-order valence-corrected chi connectivity index (χ1v) is 15.8. The van der Waals surface area contributed by atoms with Gasteiger partial charge in [0.15, 0.2) is 11.6 Å². The molecule has 0 unspecified atom stereocenters. The van der Waals surface area contributed by atoms with Gasteiger partial charge in [0.2, 0.25) is 0 Å². The summed E-state index contributed by atoms with van der Waals surface area (Å²) in [7, 11) is 4.70. The molecule has 14 heteroatoms. The number of hydrogen-bond donors (Lipinski definition) is 2. The van der Waals surface area contributed by atoms with Gasteiger partial charge in [0, 0.05) is 48.9 Å². The van der Waals surface area contributed by atoms with Crippen molar-refractivity contribution < 1.29 is 27.4 Å². The first-order valence-electron chi connectivity index (χ1n) is 15.0. The maximum Gasteiger partial charge on any atom is 0.337 e. The zero-order valence-corrected chi connectivity index (χ0v) is 27.6. The molecule has 0 spiro atoms. The molecule has 0 saturated carbocycles. The number of ether oxygens (including phenoxy) is 2. The molecular weight excluding hydrogens is 647 g/mol. The third-order valence-electron chi connectivity index (χ3n) is 7.69. The minimum Gasteiger partial charge on any atom is -0.494 e. The second kappa shape index (κ2) is 14.9. The van der Waals surface area contributed by atoms with Crippen LogP contribution in [0, 0.1) is 17.5 Å². The highest BCUT2D eigenvalue weighted by Crippen LogP contribution is 2.38. The van der Waals surface area contributed by atoms with E-state index in [4.69, 9.17) is 9.47 Å². The van der Waals surface area contributed by atoms with E-state index in [0.29, 0.717) is 41.4 Å². The normalized spacial score (nSPS) is 11.3. The summed E-state index contributed by atoms with van der Waals surface area (Å²) in [4.78, 5) is 43.4. The van der Waals surface area contributed by atoms with Crippen molar-refractivity contribution in [2.75, 3.05) is 46.3 Å². The molecule has 0 fully saturated rings. The van der Waals surface area contributed by atoms with E-state index in [0.717, 1.165) is 38.7 Å². The van der Waals surface area contributed by atoms with Crippen LogP contribution in [0.5, 0.6) is 5.75 Å². The van der Waals surface area contributed by atoms with Crippen LogP contribution >= 0.6 is 11.3 Å². The highest BCUT2D eigenvalue weighted by molar-refractivity contribution is 7.22. The minimum absolute atomic E-state index is 0.0832. The van der Waals surface area contributed by atoms with Gasteiger partial charge < -0.3 is 20.1 Å². The number of amides is 2. The molecule has 3 aromatic carbocycles. The van der Waals surface area contributed by atoms with Crippen molar-refractivity contribution in [3.05, 3.63) is 110 Å². The summed E-state index contributed by atoms with van der Waals surface area (Å²) in [6.07, 6.45) is 0. The van der Waals surface area contributed by atoms with Crippen molar-refractivity contribution >= 4 is 33.3 Å². The van der Waals surface area contributed by atoms with Crippen LogP contribution in [-0.2, 0) is 17.8 Å². The van der Waals surface area contributed by atoms with Crippen LogP contribution in [0.4, 0.5) is 23.7 Å². The predicted molar refractivity (Wildman–Crippen MR) is 180 cm³/mol. The number of carbonyl (C=O) groups is 1. The highest BCUT2D eigenvalue weighted by atomic mass is 32.1. The number of thiophene rings is 1. The Morgan fingerprint density at radius 3 is 2.29 bits per heavy atom. The van der Waals surface area contributed by atoms with Crippen LogP contribution in [0.25, 0.3) is 26.3 Å². The third-order valence-corrected chi connectivity index (χ3v) is 9.00. The van der Waals surface area contributed by atoms with Crippen LogP contribution in [0.15, 0.2) is 70.3 Å². The summed E-state index contributed by atoms with van der Waals surface area (Å²) in [5.74, 6) is -2.63. The molecule has 2 N–H and O–H groups in total. The molecule has 0 bridgehead atoms. The molecule has 0 aliphatic heterocycles. The summed E-state index contributed by atoms with van der Waals surface area (Å²) < 4.78 is 57.1. The lowest BCUT2D eigenvalue weighted by atomic mass is 10.1. The molecule has 2 heterocycles. The maximum atomic E-state index is 15.0. The largest absolute Gasteiger partial charge is 0.494 e. The average Bonchev–Trinajstić information content (AvgIpc) is 3.42. The number of nitrogens with zero attached hydrogens (tertiary/aromatic N) is 3. The van der Waals surface area contributed by atoms with Crippen molar-refractivity contribution in [2.24, 2.45) is 0 Å². The predicted octanol–water partition coefficient (Wildman–Crippen LogP) is 5.57. The van der Waals surface area contributed by atoms with E-state index in [2.05, 4.69) is 10.6 Å². The van der Waals surface area contributed by atoms with Crippen LogP contribution in [0.3, 0.4) is 0 Å². The lowest BCUT2D eigenvalue weighted by Crippen LogP contribution is -2.39. The van der Waals surface area contributed by atoms with E-state index < -0.39 is 35.2 Å². The van der Waals surface area contributed by atoms with Gasteiger partial charge >= 0.3 is 11.7 Å². The fraction of sp³-hybridized carbons (Fsp3) is 0.265. The lowest BCUT2D eigenvalue weighted by Gasteiger charge is -2.18. The first kappa shape index (κ1) is 34.4. The summed E-state index contributed by atoms with van der Waals surface area (Å²) in [5.41, 5.74) is -0.341. The summed E-state index contributed by atoms with van der Waals surface area (Å²) in [6.45, 7) is 2.85. The Labute approximate surface area is 278 Å². The number of anilines is 1. The zero-order valence-electron chi connectivity index (χ0n) is 26.7. The van der Waals surface area contributed by atoms with E-state index in [1.165, 1.54) is 25.3 Å². The number of likely N-dealkylation sites (N-methyl/N-ethyl adjacent to an activating group) is 1. The van der Waals surface area contributed by atoms with Crippen molar-refractivity contribution in [3.8, 4) is 21.9 Å². The van der Waals surface area contributed by atoms with Crippen molar-refractivity contribution in [1.29, 1.82) is 0 Å². The lowest BCUT2D eigenvalue weighted by molar-refractivity contribution is 0.159. The van der Waals surface area contributed by atoms with Crippen molar-refractivity contribution in [3.63, 3.8) is 0 Å². The molecule has 10 nitrogen and oxygen atoms in total. The molecule has 48 heavy (non-hydrogen) atoms. The Morgan fingerprint density at radius 2 is 1.67 bits per heavy atom. The molecule has 0 atom stereocenters. The SMILES string of the molecule is CCNC(=O)Nc1ccc(-c2sc3c(c2CN(C)CCOC)c(=O)n(-c2ccc(OC)c(F)c2)c(=O)n3Cc2c(F)cccc2F)cc1. The number of urea groups is 1. The van der Waals surface area contributed by atoms with Crippen LogP contribution in [0.1, 0.15) is 18.1 Å². The number of rotatable bonds is 12. The molecule has 0 saturated heterocycles. The monoisotopic (exact) mass is 681 g/mol. The molecule has 0 radical (unpaired) electrons. The Morgan fingerprint density at radius 1 is 0.958 bits per heavy atom.